The van der Waals surface area contributed by atoms with Gasteiger partial charge in [-0.05, 0) is 36.4 Å². The summed E-state index contributed by atoms with van der Waals surface area (Å²) in [5.74, 6) is 0.377. The maximum absolute atomic E-state index is 13.5. The van der Waals surface area contributed by atoms with E-state index in [1.165, 1.54) is 25.4 Å². The average molecular weight is 416 g/mol. The number of nitriles is 1. The number of imidazole rings is 2. The van der Waals surface area contributed by atoms with Crippen LogP contribution in [0.3, 0.4) is 0 Å². The van der Waals surface area contributed by atoms with Gasteiger partial charge in [0.1, 0.15) is 29.1 Å². The van der Waals surface area contributed by atoms with Crippen molar-refractivity contribution < 1.29 is 13.9 Å². The first kappa shape index (κ1) is 18.8. The van der Waals surface area contributed by atoms with Crippen LogP contribution in [0.4, 0.5) is 9.18 Å². The predicted molar refractivity (Wildman–Crippen MR) is 109 cm³/mol. The van der Waals surface area contributed by atoms with Gasteiger partial charge in [-0.1, -0.05) is 0 Å². The summed E-state index contributed by atoms with van der Waals surface area (Å²) in [6, 6.07) is 12.1. The van der Waals surface area contributed by atoms with E-state index in [2.05, 4.69) is 15.6 Å². The molecule has 154 valence electrons. The van der Waals surface area contributed by atoms with Crippen molar-refractivity contribution in [3.63, 3.8) is 0 Å². The Hall–Kier alpha value is -4.19. The molecule has 0 spiro atoms. The standard InChI is InChI=1S/C22H17FN6O2/c1-31-22(30)27-8-9-28-19(13-27)26-20(14-2-5-16(23)6-3-14)21(28)15-4-7-18-25-11-17(10-24)29(18)12-15/h2-7,11-12H,8-9,13H2,1H3. The van der Waals surface area contributed by atoms with Gasteiger partial charge in [0.2, 0.25) is 0 Å². The Labute approximate surface area is 176 Å². The van der Waals surface area contributed by atoms with Crippen LogP contribution < -0.4 is 0 Å². The Kier molecular flexibility index (Phi) is 4.40. The van der Waals surface area contributed by atoms with Crippen molar-refractivity contribution in [2.45, 2.75) is 13.1 Å². The summed E-state index contributed by atoms with van der Waals surface area (Å²) < 4.78 is 22.2. The molecule has 5 rings (SSSR count). The SMILES string of the molecule is COC(=O)N1CCn2c(nc(-c3ccc(F)cc3)c2-c2ccc3ncc(C#N)n3c2)C1. The molecule has 1 amide bonds. The van der Waals surface area contributed by atoms with Crippen LogP contribution >= 0.6 is 0 Å². The van der Waals surface area contributed by atoms with Gasteiger partial charge in [-0.25, -0.2) is 19.2 Å². The van der Waals surface area contributed by atoms with Crippen LogP contribution in [0.5, 0.6) is 0 Å². The minimum atomic E-state index is -0.405. The van der Waals surface area contributed by atoms with Crippen molar-refractivity contribution in [3.05, 3.63) is 66.1 Å². The molecule has 0 saturated carbocycles. The lowest BCUT2D eigenvalue weighted by Gasteiger charge is -2.27. The largest absolute Gasteiger partial charge is 0.453 e. The van der Waals surface area contributed by atoms with E-state index in [1.807, 2.05) is 18.3 Å². The number of rotatable bonds is 2. The normalized spacial score (nSPS) is 13.1. The molecule has 0 saturated heterocycles. The van der Waals surface area contributed by atoms with Crippen LogP contribution in [0.15, 0.2) is 48.8 Å². The molecule has 4 heterocycles. The number of fused-ring (bicyclic) bond motifs is 2. The van der Waals surface area contributed by atoms with Crippen LogP contribution in [0.25, 0.3) is 28.2 Å². The zero-order chi connectivity index (χ0) is 21.5. The first-order valence-corrected chi connectivity index (χ1v) is 9.65. The van der Waals surface area contributed by atoms with E-state index in [0.717, 1.165) is 16.8 Å². The topological polar surface area (TPSA) is 88.4 Å². The van der Waals surface area contributed by atoms with E-state index in [-0.39, 0.29) is 5.82 Å². The van der Waals surface area contributed by atoms with Crippen LogP contribution in [-0.2, 0) is 17.8 Å². The molecule has 0 unspecified atom stereocenters. The number of aromatic nitrogens is 4. The van der Waals surface area contributed by atoms with E-state index in [1.54, 1.807) is 21.4 Å². The fourth-order valence-electron chi connectivity index (χ4n) is 3.92. The summed E-state index contributed by atoms with van der Waals surface area (Å²) in [6.45, 7) is 1.31. The summed E-state index contributed by atoms with van der Waals surface area (Å²) >= 11 is 0. The number of benzene rings is 1. The molecular formula is C22H17FN6O2. The number of ether oxygens (including phenoxy) is 1. The molecule has 0 fully saturated rings. The lowest BCUT2D eigenvalue weighted by Crippen LogP contribution is -2.38. The summed E-state index contributed by atoms with van der Waals surface area (Å²) in [6.07, 6.45) is 2.97. The molecule has 1 aromatic carbocycles. The molecule has 3 aromatic heterocycles. The Morgan fingerprint density at radius 1 is 1.16 bits per heavy atom. The van der Waals surface area contributed by atoms with Gasteiger partial charge in [0.15, 0.2) is 0 Å². The van der Waals surface area contributed by atoms with Crippen LogP contribution in [0, 0.1) is 17.1 Å². The van der Waals surface area contributed by atoms with Gasteiger partial charge in [-0.2, -0.15) is 5.26 Å². The van der Waals surface area contributed by atoms with Gasteiger partial charge in [-0.15, -0.1) is 0 Å². The molecule has 0 radical (unpaired) electrons. The van der Waals surface area contributed by atoms with Crippen molar-refractivity contribution >= 4 is 11.7 Å². The summed E-state index contributed by atoms with van der Waals surface area (Å²) in [5.41, 5.74) is 4.21. The van der Waals surface area contributed by atoms with E-state index >= 15 is 0 Å². The number of nitrogens with zero attached hydrogens (tertiary/aromatic N) is 6. The number of pyridine rings is 1. The van der Waals surface area contributed by atoms with E-state index in [0.29, 0.717) is 42.5 Å². The summed E-state index contributed by atoms with van der Waals surface area (Å²) in [7, 11) is 1.35. The Bertz CT molecular complexity index is 1350. The zero-order valence-electron chi connectivity index (χ0n) is 16.6. The molecule has 0 N–H and O–H groups in total. The molecular weight excluding hydrogens is 399 g/mol. The fraction of sp³-hybridized carbons (Fsp3) is 0.182. The molecule has 0 bridgehead atoms. The summed E-state index contributed by atoms with van der Waals surface area (Å²) in [4.78, 5) is 22.7. The van der Waals surface area contributed by atoms with Gasteiger partial charge in [0.25, 0.3) is 0 Å². The van der Waals surface area contributed by atoms with Crippen LogP contribution in [0.1, 0.15) is 11.5 Å². The van der Waals surface area contributed by atoms with Gasteiger partial charge in [0.05, 0.1) is 31.2 Å². The number of carbonyl (C=O) groups is 1. The van der Waals surface area contributed by atoms with Crippen molar-refractivity contribution in [3.8, 4) is 28.6 Å². The second-order valence-corrected chi connectivity index (χ2v) is 7.18. The minimum Gasteiger partial charge on any atom is -0.453 e. The number of hydrogen-bond acceptors (Lipinski definition) is 5. The molecule has 8 nitrogen and oxygen atoms in total. The highest BCUT2D eigenvalue weighted by atomic mass is 19.1. The molecule has 31 heavy (non-hydrogen) atoms. The number of hydrogen-bond donors (Lipinski definition) is 0. The average Bonchev–Trinajstić information content (AvgIpc) is 3.39. The fourth-order valence-corrected chi connectivity index (χ4v) is 3.92. The number of amides is 1. The van der Waals surface area contributed by atoms with E-state index < -0.39 is 6.09 Å². The van der Waals surface area contributed by atoms with Crippen molar-refractivity contribution in [1.29, 1.82) is 5.26 Å². The number of carbonyl (C=O) groups excluding carboxylic acids is 1. The smallest absolute Gasteiger partial charge is 0.409 e. The van der Waals surface area contributed by atoms with Crippen LogP contribution in [-0.4, -0.2) is 43.6 Å². The van der Waals surface area contributed by atoms with Gasteiger partial charge < -0.3 is 9.30 Å². The lowest BCUT2D eigenvalue weighted by molar-refractivity contribution is 0.112. The summed E-state index contributed by atoms with van der Waals surface area (Å²) in [5, 5.41) is 9.39. The second kappa shape index (κ2) is 7.25. The highest BCUT2D eigenvalue weighted by Gasteiger charge is 2.28. The van der Waals surface area contributed by atoms with Crippen molar-refractivity contribution in [2.24, 2.45) is 0 Å². The first-order valence-electron chi connectivity index (χ1n) is 9.65. The molecule has 1 aliphatic heterocycles. The third-order valence-electron chi connectivity index (χ3n) is 5.42. The van der Waals surface area contributed by atoms with Crippen molar-refractivity contribution in [2.75, 3.05) is 13.7 Å². The maximum atomic E-state index is 13.5. The molecule has 1 aliphatic rings. The third kappa shape index (κ3) is 3.09. The molecule has 9 heteroatoms. The highest BCUT2D eigenvalue weighted by molar-refractivity contribution is 5.80. The second-order valence-electron chi connectivity index (χ2n) is 7.18. The first-order chi connectivity index (χ1) is 15.1. The third-order valence-corrected chi connectivity index (χ3v) is 5.42. The van der Waals surface area contributed by atoms with E-state index in [9.17, 15) is 14.4 Å². The number of methoxy groups -OCH3 is 1. The highest BCUT2D eigenvalue weighted by Crippen LogP contribution is 2.35. The Balaban J connectivity index is 1.70. The van der Waals surface area contributed by atoms with Crippen molar-refractivity contribution in [1.82, 2.24) is 23.8 Å². The zero-order valence-corrected chi connectivity index (χ0v) is 16.6. The maximum Gasteiger partial charge on any atom is 0.409 e. The monoisotopic (exact) mass is 416 g/mol. The molecule has 4 aromatic rings. The Morgan fingerprint density at radius 3 is 2.68 bits per heavy atom. The van der Waals surface area contributed by atoms with Gasteiger partial charge >= 0.3 is 6.09 Å². The van der Waals surface area contributed by atoms with Gasteiger partial charge in [-0.3, -0.25) is 9.30 Å². The molecule has 0 aliphatic carbocycles. The minimum absolute atomic E-state index is 0.303. The quantitative estimate of drug-likeness (QED) is 0.499. The lowest BCUT2D eigenvalue weighted by atomic mass is 10.1. The Morgan fingerprint density at radius 2 is 1.94 bits per heavy atom. The number of halogens is 1. The van der Waals surface area contributed by atoms with E-state index in [4.69, 9.17) is 9.72 Å². The predicted octanol–water partition coefficient (Wildman–Crippen LogP) is 3.46. The van der Waals surface area contributed by atoms with Gasteiger partial charge in [0, 0.05) is 30.4 Å². The van der Waals surface area contributed by atoms with Crippen LogP contribution in [0.2, 0.25) is 0 Å². The molecule has 0 atom stereocenters.